The highest BCUT2D eigenvalue weighted by molar-refractivity contribution is 8.00. The standard InChI is InChI=1S/C16H23N7OS/c1-3-21-8-10-22(11-9-21)15(24)12(2)25-16-20-19-14(23(16)17)13-6-4-5-7-18-13/h4-7,12H,3,8-11,17H2,1-2H3. The first-order valence-corrected chi connectivity index (χ1v) is 9.27. The fourth-order valence-electron chi connectivity index (χ4n) is 2.78. The van der Waals surface area contributed by atoms with Gasteiger partial charge in [-0.3, -0.25) is 9.78 Å². The topological polar surface area (TPSA) is 93.2 Å². The van der Waals surface area contributed by atoms with E-state index in [4.69, 9.17) is 5.84 Å². The summed E-state index contributed by atoms with van der Waals surface area (Å²) >= 11 is 1.33. The lowest BCUT2D eigenvalue weighted by Crippen LogP contribution is -2.50. The maximum atomic E-state index is 12.7. The Morgan fingerprint density at radius 3 is 2.68 bits per heavy atom. The molecule has 3 heterocycles. The summed E-state index contributed by atoms with van der Waals surface area (Å²) < 4.78 is 1.39. The summed E-state index contributed by atoms with van der Waals surface area (Å²) in [5.74, 6) is 6.70. The lowest BCUT2D eigenvalue weighted by molar-refractivity contribution is -0.132. The fourth-order valence-corrected chi connectivity index (χ4v) is 3.63. The van der Waals surface area contributed by atoms with Gasteiger partial charge in [0.1, 0.15) is 5.69 Å². The van der Waals surface area contributed by atoms with Crippen LogP contribution in [-0.4, -0.2) is 73.5 Å². The van der Waals surface area contributed by atoms with Crippen LogP contribution in [0.5, 0.6) is 0 Å². The number of thioether (sulfide) groups is 1. The second-order valence-electron chi connectivity index (χ2n) is 5.91. The van der Waals surface area contributed by atoms with E-state index in [2.05, 4.69) is 27.0 Å². The SMILES string of the molecule is CCN1CCN(C(=O)C(C)Sc2nnc(-c3ccccn3)n2N)CC1. The average molecular weight is 361 g/mol. The minimum absolute atomic E-state index is 0.114. The van der Waals surface area contributed by atoms with Crippen molar-refractivity contribution in [3.63, 3.8) is 0 Å². The van der Waals surface area contributed by atoms with Crippen molar-refractivity contribution < 1.29 is 4.79 Å². The first kappa shape index (κ1) is 17.7. The van der Waals surface area contributed by atoms with Crippen molar-refractivity contribution in [1.82, 2.24) is 29.7 Å². The Balaban J connectivity index is 1.64. The van der Waals surface area contributed by atoms with Crippen LogP contribution in [0.1, 0.15) is 13.8 Å². The van der Waals surface area contributed by atoms with Crippen molar-refractivity contribution >= 4 is 17.7 Å². The molecule has 1 aliphatic rings. The van der Waals surface area contributed by atoms with Gasteiger partial charge in [-0.1, -0.05) is 24.8 Å². The summed E-state index contributed by atoms with van der Waals surface area (Å²) in [6.45, 7) is 8.45. The van der Waals surface area contributed by atoms with Gasteiger partial charge in [0.15, 0.2) is 0 Å². The normalized spacial score (nSPS) is 16.8. The zero-order valence-corrected chi connectivity index (χ0v) is 15.3. The number of piperazine rings is 1. The molecule has 0 bridgehead atoms. The molecule has 1 saturated heterocycles. The molecule has 25 heavy (non-hydrogen) atoms. The zero-order valence-electron chi connectivity index (χ0n) is 14.5. The first-order valence-electron chi connectivity index (χ1n) is 8.39. The number of nitrogen functional groups attached to an aromatic ring is 1. The van der Waals surface area contributed by atoms with E-state index in [-0.39, 0.29) is 11.2 Å². The van der Waals surface area contributed by atoms with Gasteiger partial charge in [-0.15, -0.1) is 10.2 Å². The van der Waals surface area contributed by atoms with Gasteiger partial charge in [-0.25, -0.2) is 4.68 Å². The van der Waals surface area contributed by atoms with Crippen LogP contribution in [0.3, 0.4) is 0 Å². The van der Waals surface area contributed by atoms with Gasteiger partial charge < -0.3 is 15.6 Å². The zero-order chi connectivity index (χ0) is 17.8. The van der Waals surface area contributed by atoms with Crippen LogP contribution >= 0.6 is 11.8 Å². The number of nitrogens with zero attached hydrogens (tertiary/aromatic N) is 6. The van der Waals surface area contributed by atoms with Gasteiger partial charge in [0.2, 0.25) is 16.9 Å². The van der Waals surface area contributed by atoms with Crippen molar-refractivity contribution in [2.24, 2.45) is 0 Å². The van der Waals surface area contributed by atoms with E-state index in [1.807, 2.05) is 30.0 Å². The Morgan fingerprint density at radius 1 is 1.28 bits per heavy atom. The van der Waals surface area contributed by atoms with Crippen molar-refractivity contribution in [3.05, 3.63) is 24.4 Å². The Morgan fingerprint density at radius 2 is 2.04 bits per heavy atom. The smallest absolute Gasteiger partial charge is 0.235 e. The molecule has 0 radical (unpaired) electrons. The monoisotopic (exact) mass is 361 g/mol. The Bertz CT molecular complexity index is 713. The lowest BCUT2D eigenvalue weighted by atomic mass is 10.3. The molecule has 1 aliphatic heterocycles. The molecule has 1 atom stereocenters. The van der Waals surface area contributed by atoms with E-state index in [9.17, 15) is 4.79 Å². The van der Waals surface area contributed by atoms with Crippen LogP contribution < -0.4 is 5.84 Å². The highest BCUT2D eigenvalue weighted by atomic mass is 32.2. The molecular formula is C16H23N7OS. The van der Waals surface area contributed by atoms with E-state index in [0.29, 0.717) is 16.7 Å². The summed E-state index contributed by atoms with van der Waals surface area (Å²) in [7, 11) is 0. The number of carbonyl (C=O) groups excluding carboxylic acids is 1. The molecule has 2 aromatic heterocycles. The maximum Gasteiger partial charge on any atom is 0.235 e. The van der Waals surface area contributed by atoms with E-state index in [0.717, 1.165) is 32.7 Å². The number of carbonyl (C=O) groups is 1. The molecule has 0 spiro atoms. The molecule has 1 amide bonds. The van der Waals surface area contributed by atoms with Gasteiger partial charge in [0, 0.05) is 32.4 Å². The molecule has 0 aliphatic carbocycles. The van der Waals surface area contributed by atoms with Gasteiger partial charge in [0.25, 0.3) is 0 Å². The van der Waals surface area contributed by atoms with E-state index in [1.54, 1.807) is 6.20 Å². The number of rotatable bonds is 5. The van der Waals surface area contributed by atoms with Crippen molar-refractivity contribution in [1.29, 1.82) is 0 Å². The highest BCUT2D eigenvalue weighted by Gasteiger charge is 2.26. The van der Waals surface area contributed by atoms with Gasteiger partial charge in [0.05, 0.1) is 5.25 Å². The van der Waals surface area contributed by atoms with Gasteiger partial charge in [-0.05, 0) is 25.6 Å². The third kappa shape index (κ3) is 3.93. The molecule has 9 heteroatoms. The predicted molar refractivity (Wildman–Crippen MR) is 97.4 cm³/mol. The Labute approximate surface area is 151 Å². The molecular weight excluding hydrogens is 338 g/mol. The van der Waals surface area contributed by atoms with Crippen LogP contribution in [0.15, 0.2) is 29.6 Å². The first-order chi connectivity index (χ1) is 12.1. The lowest BCUT2D eigenvalue weighted by Gasteiger charge is -2.35. The quantitative estimate of drug-likeness (QED) is 0.619. The van der Waals surface area contributed by atoms with Crippen LogP contribution in [0, 0.1) is 0 Å². The fraction of sp³-hybridized carbons (Fsp3) is 0.500. The van der Waals surface area contributed by atoms with Gasteiger partial charge in [-0.2, -0.15) is 0 Å². The molecule has 134 valence electrons. The van der Waals surface area contributed by atoms with Crippen LogP contribution in [-0.2, 0) is 4.79 Å². The Kier molecular flexibility index (Phi) is 5.54. The Hall–Kier alpha value is -2.13. The number of aromatic nitrogens is 4. The maximum absolute atomic E-state index is 12.7. The molecule has 3 rings (SSSR count). The average Bonchev–Trinajstić information content (AvgIpc) is 3.02. The number of nitrogens with two attached hydrogens (primary N) is 1. The molecule has 0 saturated carbocycles. The third-order valence-corrected chi connectivity index (χ3v) is 5.36. The van der Waals surface area contributed by atoms with E-state index < -0.39 is 0 Å². The van der Waals surface area contributed by atoms with Crippen molar-refractivity contribution in [3.8, 4) is 11.5 Å². The van der Waals surface area contributed by atoms with Crippen LogP contribution in [0.2, 0.25) is 0 Å². The van der Waals surface area contributed by atoms with Gasteiger partial charge >= 0.3 is 0 Å². The third-order valence-electron chi connectivity index (χ3n) is 4.32. The molecule has 1 unspecified atom stereocenters. The van der Waals surface area contributed by atoms with Crippen LogP contribution in [0.25, 0.3) is 11.5 Å². The second-order valence-corrected chi connectivity index (χ2v) is 7.22. The highest BCUT2D eigenvalue weighted by Crippen LogP contribution is 2.25. The van der Waals surface area contributed by atoms with Crippen molar-refractivity contribution in [2.75, 3.05) is 38.6 Å². The summed E-state index contributed by atoms with van der Waals surface area (Å²) in [6, 6.07) is 5.52. The molecule has 2 aromatic rings. The summed E-state index contributed by atoms with van der Waals surface area (Å²) in [5.41, 5.74) is 0.652. The molecule has 1 fully saturated rings. The number of likely N-dealkylation sites (N-methyl/N-ethyl adjacent to an activating group) is 1. The number of hydrogen-bond donors (Lipinski definition) is 1. The van der Waals surface area contributed by atoms with Crippen LogP contribution in [0.4, 0.5) is 0 Å². The summed E-state index contributed by atoms with van der Waals surface area (Å²) in [5, 5.41) is 8.46. The summed E-state index contributed by atoms with van der Waals surface area (Å²) in [6.07, 6.45) is 1.68. The number of hydrogen-bond acceptors (Lipinski definition) is 7. The molecule has 8 nitrogen and oxygen atoms in total. The second kappa shape index (κ2) is 7.83. The molecule has 0 aromatic carbocycles. The molecule has 2 N–H and O–H groups in total. The number of pyridine rings is 1. The minimum Gasteiger partial charge on any atom is -0.339 e. The van der Waals surface area contributed by atoms with E-state index >= 15 is 0 Å². The predicted octanol–water partition coefficient (Wildman–Crippen LogP) is 0.699. The number of amides is 1. The largest absolute Gasteiger partial charge is 0.339 e. The minimum atomic E-state index is -0.267. The van der Waals surface area contributed by atoms with Crippen molar-refractivity contribution in [2.45, 2.75) is 24.3 Å². The van der Waals surface area contributed by atoms with E-state index in [1.165, 1.54) is 16.4 Å². The summed E-state index contributed by atoms with van der Waals surface area (Å²) in [4.78, 5) is 21.2.